The maximum atomic E-state index is 12.0. The molecule has 8 heteroatoms. The largest absolute Gasteiger partial charge is 0.491 e. The van der Waals surface area contributed by atoms with Gasteiger partial charge in [0.25, 0.3) is 0 Å². The van der Waals surface area contributed by atoms with Gasteiger partial charge < -0.3 is 9.47 Å². The molecule has 2 heterocycles. The summed E-state index contributed by atoms with van der Waals surface area (Å²) < 4.78 is 45.0. The van der Waals surface area contributed by atoms with Gasteiger partial charge in [0.1, 0.15) is 0 Å². The van der Waals surface area contributed by atoms with Crippen LogP contribution in [0.25, 0.3) is 0 Å². The van der Waals surface area contributed by atoms with Gasteiger partial charge >= 0.3 is 18.1 Å². The minimum Gasteiger partial charge on any atom is -0.386 e. The summed E-state index contributed by atoms with van der Waals surface area (Å²) in [5, 5.41) is 0. The summed E-state index contributed by atoms with van der Waals surface area (Å²) in [6.07, 6.45) is -2.52. The average Bonchev–Trinajstić information content (AvgIpc) is 2.47. The van der Waals surface area contributed by atoms with Crippen molar-refractivity contribution in [2.24, 2.45) is 0 Å². The van der Waals surface area contributed by atoms with Crippen molar-refractivity contribution in [2.45, 2.75) is 31.4 Å². The maximum absolute atomic E-state index is 12.0. The van der Waals surface area contributed by atoms with E-state index in [2.05, 4.69) is 9.72 Å². The van der Waals surface area contributed by atoms with Gasteiger partial charge in [0.05, 0.1) is 12.1 Å². The number of rotatable bonds is 3. The fourth-order valence-corrected chi connectivity index (χ4v) is 2.22. The highest BCUT2D eigenvalue weighted by molar-refractivity contribution is 5.89. The van der Waals surface area contributed by atoms with E-state index < -0.39 is 24.5 Å². The maximum Gasteiger partial charge on any atom is 0.491 e. The molecule has 1 fully saturated rings. The second-order valence-corrected chi connectivity index (χ2v) is 4.90. The molecule has 0 bridgehead atoms. The van der Waals surface area contributed by atoms with Crippen molar-refractivity contribution in [3.63, 3.8) is 0 Å². The van der Waals surface area contributed by atoms with Gasteiger partial charge in [-0.25, -0.2) is 4.79 Å². The second kappa shape index (κ2) is 6.87. The van der Waals surface area contributed by atoms with E-state index in [1.54, 1.807) is 12.1 Å². The molecule has 0 N–H and O–H groups in total. The summed E-state index contributed by atoms with van der Waals surface area (Å²) in [7, 11) is 0. The van der Waals surface area contributed by atoms with Gasteiger partial charge in [-0.3, -0.25) is 9.78 Å². The molecule has 0 amide bonds. The first-order valence-corrected chi connectivity index (χ1v) is 6.70. The molecule has 0 aromatic carbocycles. The monoisotopic (exact) mass is 317 g/mol. The lowest BCUT2D eigenvalue weighted by molar-refractivity contribution is -0.201. The van der Waals surface area contributed by atoms with Crippen LogP contribution in [0, 0.1) is 0 Å². The number of ether oxygens (including phenoxy) is 2. The van der Waals surface area contributed by atoms with Gasteiger partial charge in [0.15, 0.2) is 0 Å². The second-order valence-electron chi connectivity index (χ2n) is 4.90. The molecule has 5 nitrogen and oxygen atoms in total. The van der Waals surface area contributed by atoms with Gasteiger partial charge in [-0.2, -0.15) is 13.2 Å². The number of halogens is 3. The Morgan fingerprint density at radius 1 is 1.32 bits per heavy atom. The summed E-state index contributed by atoms with van der Waals surface area (Å²) >= 11 is 0. The van der Waals surface area contributed by atoms with Crippen LogP contribution in [-0.4, -0.2) is 36.3 Å². The van der Waals surface area contributed by atoms with Crippen molar-refractivity contribution in [1.82, 2.24) is 4.98 Å². The van der Waals surface area contributed by atoms with E-state index in [1.807, 2.05) is 0 Å². The topological polar surface area (TPSA) is 65.5 Å². The molecule has 0 saturated carbocycles. The number of alkyl halides is 3. The zero-order valence-corrected chi connectivity index (χ0v) is 11.6. The Labute approximate surface area is 124 Å². The zero-order chi connectivity index (χ0) is 16.2. The Balaban J connectivity index is 1.98. The molecular weight excluding hydrogens is 303 g/mol. The number of esters is 2. The van der Waals surface area contributed by atoms with Crippen molar-refractivity contribution in [3.05, 3.63) is 29.6 Å². The predicted octanol–water partition coefficient (Wildman–Crippen LogP) is 2.15. The van der Waals surface area contributed by atoms with Gasteiger partial charge in [-0.05, 0) is 36.5 Å². The van der Waals surface area contributed by atoms with Crippen molar-refractivity contribution in [1.29, 1.82) is 0 Å². The Hall–Kier alpha value is -1.96. The van der Waals surface area contributed by atoms with Crippen LogP contribution in [0.1, 0.15) is 30.0 Å². The first kappa shape index (κ1) is 16.4. The van der Waals surface area contributed by atoms with Crippen molar-refractivity contribution in [2.75, 3.05) is 13.2 Å². The third-order valence-corrected chi connectivity index (χ3v) is 3.30. The number of carbonyl (C=O) groups excluding carboxylic acids is 2. The molecule has 22 heavy (non-hydrogen) atoms. The van der Waals surface area contributed by atoms with Crippen molar-refractivity contribution < 1.29 is 32.2 Å². The lowest BCUT2D eigenvalue weighted by Gasteiger charge is -2.22. The fraction of sp³-hybridized carbons (Fsp3) is 0.500. The first-order chi connectivity index (χ1) is 10.4. The van der Waals surface area contributed by atoms with Crippen LogP contribution < -0.4 is 0 Å². The van der Waals surface area contributed by atoms with E-state index >= 15 is 0 Å². The van der Waals surface area contributed by atoms with E-state index in [0.29, 0.717) is 13.2 Å². The molecule has 1 aliphatic heterocycles. The quantitative estimate of drug-likeness (QED) is 0.631. The first-order valence-electron chi connectivity index (χ1n) is 6.70. The molecule has 1 saturated heterocycles. The molecule has 0 spiro atoms. The number of hydrogen-bond acceptors (Lipinski definition) is 5. The van der Waals surface area contributed by atoms with Crippen LogP contribution in [-0.2, 0) is 25.5 Å². The van der Waals surface area contributed by atoms with E-state index in [0.717, 1.165) is 18.4 Å². The number of carbonyl (C=O) groups is 2. The van der Waals surface area contributed by atoms with Gasteiger partial charge in [0.2, 0.25) is 0 Å². The van der Waals surface area contributed by atoms with Gasteiger partial charge in [-0.15, -0.1) is 0 Å². The smallest absolute Gasteiger partial charge is 0.386 e. The predicted molar refractivity (Wildman–Crippen MR) is 67.9 cm³/mol. The molecule has 1 aromatic heterocycles. The van der Waals surface area contributed by atoms with Gasteiger partial charge in [-0.1, -0.05) is 0 Å². The highest BCUT2D eigenvalue weighted by Gasteiger charge is 2.42. The van der Waals surface area contributed by atoms with Crippen LogP contribution in [0.3, 0.4) is 0 Å². The third kappa shape index (κ3) is 4.52. The number of pyridine rings is 1. The summed E-state index contributed by atoms with van der Waals surface area (Å²) in [5.74, 6) is -3.53. The summed E-state index contributed by atoms with van der Waals surface area (Å²) in [5.41, 5.74) is 1.22. The molecule has 0 unspecified atom stereocenters. The molecule has 0 aliphatic carbocycles. The number of aromatic nitrogens is 1. The molecule has 1 aromatic rings. The minimum atomic E-state index is -5.19. The highest BCUT2D eigenvalue weighted by atomic mass is 19.4. The summed E-state index contributed by atoms with van der Waals surface area (Å²) in [6.45, 7) is 1.29. The Morgan fingerprint density at radius 3 is 2.64 bits per heavy atom. The molecule has 1 aliphatic rings. The molecular formula is C14H14F3NO4. The van der Waals surface area contributed by atoms with E-state index in [-0.39, 0.29) is 11.6 Å². The lowest BCUT2D eigenvalue weighted by atomic mass is 9.92. The molecule has 0 atom stereocenters. The zero-order valence-electron chi connectivity index (χ0n) is 11.6. The van der Waals surface area contributed by atoms with Crippen molar-refractivity contribution >= 4 is 11.9 Å². The highest BCUT2D eigenvalue weighted by Crippen LogP contribution is 2.27. The minimum absolute atomic E-state index is 0.267. The summed E-state index contributed by atoms with van der Waals surface area (Å²) in [4.78, 5) is 25.9. The lowest BCUT2D eigenvalue weighted by Crippen LogP contribution is -2.28. The van der Waals surface area contributed by atoms with Crippen LogP contribution >= 0.6 is 0 Å². The number of hydrogen-bond donors (Lipinski definition) is 0. The van der Waals surface area contributed by atoms with Crippen LogP contribution in [0.2, 0.25) is 0 Å². The summed E-state index contributed by atoms with van der Waals surface area (Å²) in [6, 6.07) is 3.45. The van der Waals surface area contributed by atoms with Crippen LogP contribution in [0.4, 0.5) is 13.2 Å². The normalized spacial score (nSPS) is 16.3. The van der Waals surface area contributed by atoms with E-state index in [9.17, 15) is 22.8 Å². The number of nitrogens with zero attached hydrogens (tertiary/aromatic N) is 1. The van der Waals surface area contributed by atoms with E-state index in [1.165, 1.54) is 6.20 Å². The molecule has 2 rings (SSSR count). The Kier molecular flexibility index (Phi) is 5.12. The molecule has 120 valence electrons. The Bertz CT molecular complexity index is 553. The van der Waals surface area contributed by atoms with Crippen molar-refractivity contribution in [3.8, 4) is 0 Å². The average molecular weight is 317 g/mol. The third-order valence-electron chi connectivity index (χ3n) is 3.30. The van der Waals surface area contributed by atoms with Crippen LogP contribution in [0.15, 0.2) is 18.3 Å². The van der Waals surface area contributed by atoms with E-state index in [4.69, 9.17) is 4.74 Å². The van der Waals surface area contributed by atoms with Crippen LogP contribution in [0.5, 0.6) is 0 Å². The SMILES string of the molecule is O=C(Cc1cc(C2CCOCC2)ccn1)OC(=O)C(F)(F)F. The molecule has 0 radical (unpaired) electrons. The standard InChI is InChI=1S/C14H14F3NO4/c15-14(16,17)13(20)22-12(19)8-11-7-10(1-4-18-11)9-2-5-21-6-3-9/h1,4,7,9H,2-3,5-6,8H2. The Morgan fingerprint density at radius 2 is 2.00 bits per heavy atom. The van der Waals surface area contributed by atoms with Gasteiger partial charge in [0, 0.05) is 19.4 Å². The fourth-order valence-electron chi connectivity index (χ4n) is 2.22.